The summed E-state index contributed by atoms with van der Waals surface area (Å²) < 4.78 is 15.3. The molecule has 6 nitrogen and oxygen atoms in total. The molecule has 8 heteroatoms. The number of halogens is 2. The molecule has 31 heavy (non-hydrogen) atoms. The van der Waals surface area contributed by atoms with Crippen LogP contribution in [-0.4, -0.2) is 45.2 Å². The summed E-state index contributed by atoms with van der Waals surface area (Å²) in [6, 6.07) is 7.24. The van der Waals surface area contributed by atoms with Crippen molar-refractivity contribution >= 4 is 28.6 Å². The predicted octanol–water partition coefficient (Wildman–Crippen LogP) is 4.87. The lowest BCUT2D eigenvalue weighted by Crippen LogP contribution is -2.44. The minimum absolute atomic E-state index is 0.0774. The second-order valence-electron chi connectivity index (χ2n) is 9.49. The Hall–Kier alpha value is -2.22. The number of anilines is 2. The fourth-order valence-electron chi connectivity index (χ4n) is 3.93. The van der Waals surface area contributed by atoms with Crippen LogP contribution in [0.1, 0.15) is 39.2 Å². The van der Waals surface area contributed by atoms with E-state index in [0.717, 1.165) is 50.1 Å². The SMILES string of the molecule is CC(C)(C)CNC1CCN(Cc2ccn3ncnc(Nc4ccc(F)c(Cl)c4)c23)CC1. The molecular formula is C23H30ClFN6. The molecule has 1 aliphatic heterocycles. The van der Waals surface area contributed by atoms with E-state index >= 15 is 0 Å². The second-order valence-corrected chi connectivity index (χ2v) is 9.90. The van der Waals surface area contributed by atoms with E-state index in [1.165, 1.54) is 12.4 Å². The van der Waals surface area contributed by atoms with Gasteiger partial charge in [-0.15, -0.1) is 0 Å². The van der Waals surface area contributed by atoms with Crippen LogP contribution in [0.15, 0.2) is 36.8 Å². The van der Waals surface area contributed by atoms with Crippen LogP contribution in [0.25, 0.3) is 5.52 Å². The summed E-state index contributed by atoms with van der Waals surface area (Å²) in [6.45, 7) is 10.8. The molecule has 1 aliphatic rings. The van der Waals surface area contributed by atoms with Crippen LogP contribution in [0.4, 0.5) is 15.9 Å². The van der Waals surface area contributed by atoms with Gasteiger partial charge in [0.25, 0.3) is 0 Å². The molecule has 4 rings (SSSR count). The van der Waals surface area contributed by atoms with E-state index in [0.29, 0.717) is 23.0 Å². The van der Waals surface area contributed by atoms with Gasteiger partial charge in [-0.05, 0) is 61.2 Å². The second kappa shape index (κ2) is 9.10. The molecule has 0 saturated carbocycles. The smallest absolute Gasteiger partial charge is 0.158 e. The van der Waals surface area contributed by atoms with E-state index in [-0.39, 0.29) is 5.02 Å². The number of aromatic nitrogens is 3. The normalized spacial score (nSPS) is 16.2. The van der Waals surface area contributed by atoms with Crippen molar-refractivity contribution in [1.29, 1.82) is 0 Å². The lowest BCUT2D eigenvalue weighted by molar-refractivity contribution is 0.184. The molecule has 1 aromatic carbocycles. The van der Waals surface area contributed by atoms with Crippen molar-refractivity contribution in [1.82, 2.24) is 24.8 Å². The minimum Gasteiger partial charge on any atom is -0.338 e. The maximum absolute atomic E-state index is 13.5. The predicted molar refractivity (Wildman–Crippen MR) is 123 cm³/mol. The van der Waals surface area contributed by atoms with Crippen LogP contribution < -0.4 is 10.6 Å². The average molecular weight is 445 g/mol. The molecule has 2 N–H and O–H groups in total. The zero-order chi connectivity index (χ0) is 22.0. The molecule has 0 amide bonds. The Bertz CT molecular complexity index is 1040. The Morgan fingerprint density at radius 1 is 1.19 bits per heavy atom. The highest BCUT2D eigenvalue weighted by Crippen LogP contribution is 2.27. The molecule has 0 spiro atoms. The first-order chi connectivity index (χ1) is 14.8. The number of nitrogens with zero attached hydrogens (tertiary/aromatic N) is 4. The molecule has 2 aromatic heterocycles. The summed E-state index contributed by atoms with van der Waals surface area (Å²) in [4.78, 5) is 6.91. The number of hydrogen-bond donors (Lipinski definition) is 2. The van der Waals surface area contributed by atoms with Crippen molar-refractivity contribution in [2.75, 3.05) is 25.0 Å². The van der Waals surface area contributed by atoms with Crippen molar-refractivity contribution in [2.24, 2.45) is 5.41 Å². The lowest BCUT2D eigenvalue weighted by atomic mass is 9.95. The number of rotatable bonds is 6. The van der Waals surface area contributed by atoms with Crippen LogP contribution >= 0.6 is 11.6 Å². The minimum atomic E-state index is -0.441. The van der Waals surface area contributed by atoms with Crippen molar-refractivity contribution < 1.29 is 4.39 Å². The first-order valence-corrected chi connectivity index (χ1v) is 11.2. The van der Waals surface area contributed by atoms with Crippen molar-refractivity contribution in [3.63, 3.8) is 0 Å². The molecule has 3 heterocycles. The molecule has 0 unspecified atom stereocenters. The zero-order valence-electron chi connectivity index (χ0n) is 18.3. The van der Waals surface area contributed by atoms with Gasteiger partial charge in [0.05, 0.1) is 5.02 Å². The van der Waals surface area contributed by atoms with Gasteiger partial charge in [-0.3, -0.25) is 4.90 Å². The number of fused-ring (bicyclic) bond motifs is 1. The summed E-state index contributed by atoms with van der Waals surface area (Å²) in [5.74, 6) is 0.239. The Balaban J connectivity index is 1.45. The molecule has 0 atom stereocenters. The lowest BCUT2D eigenvalue weighted by Gasteiger charge is -2.34. The molecular weight excluding hydrogens is 415 g/mol. The summed E-state index contributed by atoms with van der Waals surface area (Å²) >= 11 is 5.93. The van der Waals surface area contributed by atoms with Crippen LogP contribution in [0.3, 0.4) is 0 Å². The maximum Gasteiger partial charge on any atom is 0.158 e. The van der Waals surface area contributed by atoms with E-state index in [4.69, 9.17) is 11.6 Å². The van der Waals surface area contributed by atoms with Crippen molar-refractivity contribution in [3.05, 3.63) is 53.2 Å². The van der Waals surface area contributed by atoms with Crippen LogP contribution in [0.5, 0.6) is 0 Å². The molecule has 1 fully saturated rings. The van der Waals surface area contributed by atoms with Gasteiger partial charge in [-0.1, -0.05) is 32.4 Å². The first kappa shape index (κ1) is 22.0. The molecule has 0 bridgehead atoms. The Kier molecular flexibility index (Phi) is 6.46. The Morgan fingerprint density at radius 3 is 2.68 bits per heavy atom. The van der Waals surface area contributed by atoms with Gasteiger partial charge in [0, 0.05) is 31.0 Å². The van der Waals surface area contributed by atoms with Crippen molar-refractivity contribution in [2.45, 2.75) is 46.2 Å². The highest BCUT2D eigenvalue weighted by Gasteiger charge is 2.22. The molecule has 1 saturated heterocycles. The monoisotopic (exact) mass is 444 g/mol. The van der Waals surface area contributed by atoms with Gasteiger partial charge in [0.2, 0.25) is 0 Å². The summed E-state index contributed by atoms with van der Waals surface area (Å²) in [7, 11) is 0. The third-order valence-corrected chi connectivity index (χ3v) is 5.91. The van der Waals surface area contributed by atoms with E-state index in [9.17, 15) is 4.39 Å². The van der Waals surface area contributed by atoms with E-state index < -0.39 is 5.82 Å². The van der Waals surface area contributed by atoms with Gasteiger partial charge in [0.15, 0.2) is 5.82 Å². The van der Waals surface area contributed by atoms with Gasteiger partial charge in [0.1, 0.15) is 17.7 Å². The quantitative estimate of drug-likeness (QED) is 0.568. The fraction of sp³-hybridized carbons (Fsp3) is 0.478. The van der Waals surface area contributed by atoms with Crippen molar-refractivity contribution in [3.8, 4) is 0 Å². The number of benzene rings is 1. The topological polar surface area (TPSA) is 57.5 Å². The van der Waals surface area contributed by atoms with Gasteiger partial charge in [-0.2, -0.15) is 5.10 Å². The highest BCUT2D eigenvalue weighted by atomic mass is 35.5. The third kappa shape index (κ3) is 5.53. The average Bonchev–Trinajstić information content (AvgIpc) is 3.13. The number of piperidine rings is 1. The number of likely N-dealkylation sites (tertiary alicyclic amines) is 1. The maximum atomic E-state index is 13.5. The number of hydrogen-bond acceptors (Lipinski definition) is 5. The van der Waals surface area contributed by atoms with E-state index in [1.54, 1.807) is 12.1 Å². The highest BCUT2D eigenvalue weighted by molar-refractivity contribution is 6.31. The summed E-state index contributed by atoms with van der Waals surface area (Å²) in [5, 5.41) is 11.4. The third-order valence-electron chi connectivity index (χ3n) is 5.62. The standard InChI is InChI=1S/C23H30ClFN6/c1-23(2,3)14-26-17-7-9-30(10-8-17)13-16-6-11-31-21(16)22(27-15-28-31)29-18-4-5-20(25)19(24)12-18/h4-6,11-12,15,17,26H,7-10,13-14H2,1-3H3,(H,27,28,29). The fourth-order valence-corrected chi connectivity index (χ4v) is 4.12. The first-order valence-electron chi connectivity index (χ1n) is 10.8. The number of nitrogens with one attached hydrogen (secondary N) is 2. The van der Waals surface area contributed by atoms with Crippen LogP contribution in [0.2, 0.25) is 5.02 Å². The molecule has 0 radical (unpaired) electrons. The largest absolute Gasteiger partial charge is 0.338 e. The molecule has 0 aliphatic carbocycles. The van der Waals surface area contributed by atoms with E-state index in [2.05, 4.69) is 52.5 Å². The van der Waals surface area contributed by atoms with Crippen LogP contribution in [-0.2, 0) is 6.54 Å². The van der Waals surface area contributed by atoms with Gasteiger partial charge in [-0.25, -0.2) is 13.9 Å². The van der Waals surface area contributed by atoms with Gasteiger partial charge >= 0.3 is 0 Å². The Labute approximate surface area is 187 Å². The summed E-state index contributed by atoms with van der Waals surface area (Å²) in [5.41, 5.74) is 3.08. The van der Waals surface area contributed by atoms with Gasteiger partial charge < -0.3 is 10.6 Å². The molecule has 3 aromatic rings. The Morgan fingerprint density at radius 2 is 1.97 bits per heavy atom. The summed E-state index contributed by atoms with van der Waals surface area (Å²) in [6.07, 6.45) is 5.76. The molecule has 166 valence electrons. The zero-order valence-corrected chi connectivity index (χ0v) is 19.1. The van der Waals surface area contributed by atoms with Crippen LogP contribution in [0, 0.1) is 11.2 Å². The van der Waals surface area contributed by atoms with E-state index in [1.807, 2.05) is 10.7 Å².